The Hall–Kier alpha value is -3.69. The summed E-state index contributed by atoms with van der Waals surface area (Å²) in [5, 5.41) is 12.3. The number of benzene rings is 1. The number of hydrogen-bond acceptors (Lipinski definition) is 7. The number of non-ortho nitro benzene ring substituents is 1. The summed E-state index contributed by atoms with van der Waals surface area (Å²) < 4.78 is 9.93. The standard InChI is InChI=1S/C14H11N3O7/c15-14(20)16-12(18)7-23-13(19)11-6-5-10(24-11)8-1-3-9(4-2-8)17(21)22/h1-6H,7H2,(H3,15,16,18,20). The lowest BCUT2D eigenvalue weighted by molar-refractivity contribution is -0.384. The first kappa shape index (κ1) is 16.7. The van der Waals surface area contributed by atoms with Gasteiger partial charge in [-0.05, 0) is 24.3 Å². The van der Waals surface area contributed by atoms with Crippen molar-refractivity contribution in [1.29, 1.82) is 0 Å². The first-order valence-electron chi connectivity index (χ1n) is 6.48. The van der Waals surface area contributed by atoms with Gasteiger partial charge >= 0.3 is 12.0 Å². The summed E-state index contributed by atoms with van der Waals surface area (Å²) in [7, 11) is 0. The van der Waals surface area contributed by atoms with Gasteiger partial charge in [0.25, 0.3) is 11.6 Å². The first-order chi connectivity index (χ1) is 11.4. The number of rotatable bonds is 5. The molecule has 0 saturated heterocycles. The molecule has 0 unspecified atom stereocenters. The van der Waals surface area contributed by atoms with E-state index in [-0.39, 0.29) is 11.4 Å². The number of urea groups is 1. The second-order valence-corrected chi connectivity index (χ2v) is 4.46. The number of nitro benzene ring substituents is 1. The summed E-state index contributed by atoms with van der Waals surface area (Å²) in [5.41, 5.74) is 5.18. The van der Waals surface area contributed by atoms with Crippen molar-refractivity contribution in [3.63, 3.8) is 0 Å². The fraction of sp³-hybridized carbons (Fsp3) is 0.0714. The van der Waals surface area contributed by atoms with Crippen LogP contribution in [0.5, 0.6) is 0 Å². The Morgan fingerprint density at radius 3 is 2.42 bits per heavy atom. The van der Waals surface area contributed by atoms with Crippen LogP contribution in [0.4, 0.5) is 10.5 Å². The van der Waals surface area contributed by atoms with Crippen molar-refractivity contribution in [3.05, 3.63) is 52.3 Å². The summed E-state index contributed by atoms with van der Waals surface area (Å²) >= 11 is 0. The number of nitrogens with one attached hydrogen (secondary N) is 1. The lowest BCUT2D eigenvalue weighted by atomic mass is 10.1. The third kappa shape index (κ3) is 4.16. The van der Waals surface area contributed by atoms with Gasteiger partial charge in [-0.25, -0.2) is 9.59 Å². The highest BCUT2D eigenvalue weighted by Crippen LogP contribution is 2.24. The highest BCUT2D eigenvalue weighted by molar-refractivity contribution is 5.96. The highest BCUT2D eigenvalue weighted by Gasteiger charge is 2.16. The molecule has 3 amide bonds. The zero-order valence-corrected chi connectivity index (χ0v) is 12.1. The summed E-state index contributed by atoms with van der Waals surface area (Å²) in [5.74, 6) is -1.67. The molecular weight excluding hydrogens is 322 g/mol. The second kappa shape index (κ2) is 7.05. The topological polar surface area (TPSA) is 155 Å². The number of amides is 3. The number of nitro groups is 1. The van der Waals surface area contributed by atoms with Gasteiger partial charge in [0.15, 0.2) is 6.61 Å². The van der Waals surface area contributed by atoms with Crippen LogP contribution in [0.2, 0.25) is 0 Å². The molecule has 1 heterocycles. The number of nitrogens with two attached hydrogens (primary N) is 1. The van der Waals surface area contributed by atoms with Crippen molar-refractivity contribution >= 4 is 23.6 Å². The number of hydrogen-bond donors (Lipinski definition) is 2. The number of carbonyl (C=O) groups excluding carboxylic acids is 3. The molecule has 0 bridgehead atoms. The van der Waals surface area contributed by atoms with Crippen molar-refractivity contribution in [2.24, 2.45) is 5.73 Å². The Balaban J connectivity index is 2.01. The van der Waals surface area contributed by atoms with Crippen LogP contribution in [-0.2, 0) is 9.53 Å². The van der Waals surface area contributed by atoms with Crippen LogP contribution in [0.3, 0.4) is 0 Å². The number of furan rings is 1. The van der Waals surface area contributed by atoms with Crippen LogP contribution in [0, 0.1) is 10.1 Å². The van der Waals surface area contributed by atoms with E-state index in [9.17, 15) is 24.5 Å². The molecule has 0 radical (unpaired) electrons. The number of imide groups is 1. The van der Waals surface area contributed by atoms with Crippen molar-refractivity contribution in [2.75, 3.05) is 6.61 Å². The minimum Gasteiger partial charge on any atom is -0.450 e. The maximum Gasteiger partial charge on any atom is 0.374 e. The molecule has 10 nitrogen and oxygen atoms in total. The number of primary amides is 1. The molecule has 1 aromatic heterocycles. The quantitative estimate of drug-likeness (QED) is 0.473. The van der Waals surface area contributed by atoms with Crippen LogP contribution in [-0.4, -0.2) is 29.4 Å². The Labute approximate surface area is 134 Å². The smallest absolute Gasteiger partial charge is 0.374 e. The highest BCUT2D eigenvalue weighted by atomic mass is 16.6. The Morgan fingerprint density at radius 1 is 1.17 bits per heavy atom. The van der Waals surface area contributed by atoms with Crippen molar-refractivity contribution < 1.29 is 28.5 Å². The predicted octanol–water partition coefficient (Wildman–Crippen LogP) is 1.21. The molecule has 2 rings (SSSR count). The van der Waals surface area contributed by atoms with Gasteiger partial charge in [-0.1, -0.05) is 0 Å². The van der Waals surface area contributed by atoms with Gasteiger partial charge in [0.05, 0.1) is 4.92 Å². The first-order valence-corrected chi connectivity index (χ1v) is 6.48. The van der Waals surface area contributed by atoms with E-state index in [0.29, 0.717) is 11.3 Å². The number of esters is 1. The average molecular weight is 333 g/mol. The van der Waals surface area contributed by atoms with Crippen molar-refractivity contribution in [2.45, 2.75) is 0 Å². The third-order valence-electron chi connectivity index (χ3n) is 2.77. The van der Waals surface area contributed by atoms with Gasteiger partial charge in [-0.15, -0.1) is 0 Å². The lowest BCUT2D eigenvalue weighted by Gasteiger charge is -2.02. The molecule has 0 saturated carbocycles. The van der Waals surface area contributed by atoms with E-state index in [0.717, 1.165) is 0 Å². The molecule has 0 aliphatic carbocycles. The fourth-order valence-corrected chi connectivity index (χ4v) is 1.73. The van der Waals surface area contributed by atoms with Crippen molar-refractivity contribution in [1.82, 2.24) is 5.32 Å². The van der Waals surface area contributed by atoms with Crippen LogP contribution < -0.4 is 11.1 Å². The third-order valence-corrected chi connectivity index (χ3v) is 2.77. The van der Waals surface area contributed by atoms with E-state index in [1.165, 1.54) is 36.4 Å². The van der Waals surface area contributed by atoms with Crippen molar-refractivity contribution in [3.8, 4) is 11.3 Å². The van der Waals surface area contributed by atoms with E-state index in [4.69, 9.17) is 10.2 Å². The van der Waals surface area contributed by atoms with E-state index < -0.39 is 29.4 Å². The summed E-state index contributed by atoms with van der Waals surface area (Å²) in [4.78, 5) is 43.3. The fourth-order valence-electron chi connectivity index (χ4n) is 1.73. The molecular formula is C14H11N3O7. The molecule has 24 heavy (non-hydrogen) atoms. The monoisotopic (exact) mass is 333 g/mol. The SMILES string of the molecule is NC(=O)NC(=O)COC(=O)c1ccc(-c2ccc([N+](=O)[O-])cc2)o1. The zero-order chi connectivity index (χ0) is 17.7. The molecule has 124 valence electrons. The molecule has 3 N–H and O–H groups in total. The maximum absolute atomic E-state index is 11.7. The summed E-state index contributed by atoms with van der Waals surface area (Å²) in [6.45, 7) is -0.699. The van der Waals surface area contributed by atoms with Gasteiger partial charge in [0.1, 0.15) is 5.76 Å². The molecule has 10 heteroatoms. The van der Waals surface area contributed by atoms with Crippen LogP contribution in [0.1, 0.15) is 10.6 Å². The largest absolute Gasteiger partial charge is 0.450 e. The molecule has 0 fully saturated rings. The van der Waals surface area contributed by atoms with Gasteiger partial charge in [0.2, 0.25) is 5.76 Å². The summed E-state index contributed by atoms with van der Waals surface area (Å²) in [6.07, 6.45) is 0. The minimum absolute atomic E-state index is 0.0783. The summed E-state index contributed by atoms with van der Waals surface area (Å²) in [6, 6.07) is 7.26. The van der Waals surface area contributed by atoms with Crippen LogP contribution >= 0.6 is 0 Å². The molecule has 1 aromatic carbocycles. The predicted molar refractivity (Wildman–Crippen MR) is 78.8 cm³/mol. The molecule has 0 atom stereocenters. The molecule has 0 spiro atoms. The van der Waals surface area contributed by atoms with E-state index in [1.54, 1.807) is 5.32 Å². The number of ether oxygens (including phenoxy) is 1. The average Bonchev–Trinajstić information content (AvgIpc) is 3.02. The molecule has 0 aliphatic rings. The van der Waals surface area contributed by atoms with E-state index in [2.05, 4.69) is 4.74 Å². The number of nitrogens with zero attached hydrogens (tertiary/aromatic N) is 1. The van der Waals surface area contributed by atoms with Gasteiger partial charge in [0, 0.05) is 17.7 Å². The van der Waals surface area contributed by atoms with Gasteiger partial charge < -0.3 is 14.9 Å². The zero-order valence-electron chi connectivity index (χ0n) is 12.1. The number of carbonyl (C=O) groups is 3. The maximum atomic E-state index is 11.7. The van der Waals surface area contributed by atoms with E-state index in [1.807, 2.05) is 0 Å². The molecule has 2 aromatic rings. The molecule has 0 aliphatic heterocycles. The van der Waals surface area contributed by atoms with Gasteiger partial charge in [-0.2, -0.15) is 0 Å². The second-order valence-electron chi connectivity index (χ2n) is 4.46. The minimum atomic E-state index is -1.06. The Bertz CT molecular complexity index is 795. The van der Waals surface area contributed by atoms with Crippen LogP contribution in [0.25, 0.3) is 11.3 Å². The van der Waals surface area contributed by atoms with E-state index >= 15 is 0 Å². The Morgan fingerprint density at radius 2 is 1.83 bits per heavy atom. The van der Waals surface area contributed by atoms with Crippen LogP contribution in [0.15, 0.2) is 40.8 Å². The van der Waals surface area contributed by atoms with Gasteiger partial charge in [-0.3, -0.25) is 20.2 Å². The normalized spacial score (nSPS) is 10.0. The Kier molecular flexibility index (Phi) is 4.90. The lowest BCUT2D eigenvalue weighted by Crippen LogP contribution is -2.37.